The third-order valence-electron chi connectivity index (χ3n) is 4.05. The van der Waals surface area contributed by atoms with Gasteiger partial charge in [-0.3, -0.25) is 4.79 Å². The van der Waals surface area contributed by atoms with Crippen molar-refractivity contribution in [3.8, 4) is 5.69 Å². The summed E-state index contributed by atoms with van der Waals surface area (Å²) in [7, 11) is 0. The summed E-state index contributed by atoms with van der Waals surface area (Å²) >= 11 is 1.35. The summed E-state index contributed by atoms with van der Waals surface area (Å²) in [5.74, 6) is -0.0464. The molecule has 1 heterocycles. The van der Waals surface area contributed by atoms with E-state index in [1.165, 1.54) is 11.8 Å². The number of hydrogen-bond donors (Lipinski definition) is 1. The van der Waals surface area contributed by atoms with Crippen molar-refractivity contribution in [3.63, 3.8) is 0 Å². The quantitative estimate of drug-likeness (QED) is 0.678. The first-order valence-electron chi connectivity index (χ1n) is 8.39. The Bertz CT molecular complexity index is 874. The van der Waals surface area contributed by atoms with E-state index in [4.69, 9.17) is 0 Å². The number of thioether (sulfide) groups is 1. The minimum atomic E-state index is -0.312. The molecule has 6 nitrogen and oxygen atoms in total. The van der Waals surface area contributed by atoms with E-state index in [-0.39, 0.29) is 11.2 Å². The van der Waals surface area contributed by atoms with Gasteiger partial charge in [-0.15, -0.1) is 5.10 Å². The Kier molecular flexibility index (Phi) is 5.68. The average Bonchev–Trinajstić information content (AvgIpc) is 3.08. The maximum atomic E-state index is 12.4. The van der Waals surface area contributed by atoms with Crippen LogP contribution < -0.4 is 5.32 Å². The first kappa shape index (κ1) is 18.1. The van der Waals surface area contributed by atoms with Crippen LogP contribution in [-0.2, 0) is 11.3 Å². The molecular weight excluding hydrogens is 346 g/mol. The lowest BCUT2D eigenvalue weighted by Gasteiger charge is -2.13. The number of carbonyl (C=O) groups is 1. The van der Waals surface area contributed by atoms with Gasteiger partial charge in [0, 0.05) is 6.54 Å². The predicted molar refractivity (Wildman–Crippen MR) is 102 cm³/mol. The first-order chi connectivity index (χ1) is 12.6. The highest BCUT2D eigenvalue weighted by molar-refractivity contribution is 8.00. The van der Waals surface area contributed by atoms with Crippen molar-refractivity contribution in [3.05, 3.63) is 65.2 Å². The Morgan fingerprint density at radius 3 is 2.50 bits per heavy atom. The molecule has 0 bridgehead atoms. The van der Waals surface area contributed by atoms with Crippen LogP contribution in [0.15, 0.2) is 53.7 Å². The number of nitrogens with zero attached hydrogens (tertiary/aromatic N) is 4. The minimum absolute atomic E-state index is 0.0464. The van der Waals surface area contributed by atoms with Crippen LogP contribution in [0.5, 0.6) is 0 Å². The van der Waals surface area contributed by atoms with Crippen molar-refractivity contribution in [2.75, 3.05) is 0 Å². The molecule has 1 N–H and O–H groups in total. The SMILES string of the molecule is Cc1cccc(C)c1-n1nnnc1SC(C)C(=O)NCc1ccccc1. The van der Waals surface area contributed by atoms with Gasteiger partial charge in [0.05, 0.1) is 10.9 Å². The molecule has 1 unspecified atom stereocenters. The van der Waals surface area contributed by atoms with Crippen molar-refractivity contribution in [2.45, 2.75) is 37.7 Å². The van der Waals surface area contributed by atoms with Crippen LogP contribution in [0.4, 0.5) is 0 Å². The molecule has 0 aliphatic rings. The van der Waals surface area contributed by atoms with Gasteiger partial charge < -0.3 is 5.32 Å². The summed E-state index contributed by atoms with van der Waals surface area (Å²) in [5.41, 5.74) is 4.19. The zero-order chi connectivity index (χ0) is 18.5. The van der Waals surface area contributed by atoms with Crippen molar-refractivity contribution in [2.24, 2.45) is 0 Å². The van der Waals surface area contributed by atoms with E-state index in [1.54, 1.807) is 4.68 Å². The molecule has 134 valence electrons. The number of aromatic nitrogens is 4. The third kappa shape index (κ3) is 4.11. The fourth-order valence-electron chi connectivity index (χ4n) is 2.67. The van der Waals surface area contributed by atoms with Gasteiger partial charge in [0.15, 0.2) is 0 Å². The van der Waals surface area contributed by atoms with E-state index in [0.717, 1.165) is 22.4 Å². The molecule has 1 atom stereocenters. The minimum Gasteiger partial charge on any atom is -0.351 e. The molecule has 3 aromatic rings. The molecule has 0 saturated carbocycles. The molecule has 2 aromatic carbocycles. The second-order valence-corrected chi connectivity index (χ2v) is 7.39. The molecule has 1 amide bonds. The van der Waals surface area contributed by atoms with E-state index in [2.05, 4.69) is 20.8 Å². The van der Waals surface area contributed by atoms with Crippen molar-refractivity contribution in [1.29, 1.82) is 0 Å². The van der Waals surface area contributed by atoms with Gasteiger partial charge >= 0.3 is 0 Å². The molecule has 0 saturated heterocycles. The topological polar surface area (TPSA) is 72.7 Å². The fraction of sp³-hybridized carbons (Fsp3) is 0.263. The van der Waals surface area contributed by atoms with E-state index < -0.39 is 0 Å². The standard InChI is InChI=1S/C19H21N5OS/c1-13-8-7-9-14(2)17(13)24-19(21-22-23-24)26-15(3)18(25)20-12-16-10-5-4-6-11-16/h4-11,15H,12H2,1-3H3,(H,20,25). The monoisotopic (exact) mass is 367 g/mol. The van der Waals surface area contributed by atoms with Gasteiger partial charge in [-0.25, -0.2) is 0 Å². The van der Waals surface area contributed by atoms with E-state index in [1.807, 2.05) is 69.3 Å². The van der Waals surface area contributed by atoms with Crippen molar-refractivity contribution >= 4 is 17.7 Å². The lowest BCUT2D eigenvalue weighted by atomic mass is 10.1. The molecule has 0 aliphatic heterocycles. The number of carbonyl (C=O) groups excluding carboxylic acids is 1. The van der Waals surface area contributed by atoms with Crippen LogP contribution in [0.3, 0.4) is 0 Å². The van der Waals surface area contributed by atoms with E-state index in [9.17, 15) is 4.79 Å². The van der Waals surface area contributed by atoms with Crippen LogP contribution >= 0.6 is 11.8 Å². The maximum absolute atomic E-state index is 12.4. The number of aryl methyl sites for hydroxylation is 2. The molecule has 3 rings (SSSR count). The van der Waals surface area contributed by atoms with Crippen LogP contribution in [0, 0.1) is 13.8 Å². The summed E-state index contributed by atoms with van der Waals surface area (Å²) < 4.78 is 1.70. The normalized spacial score (nSPS) is 12.0. The first-order valence-corrected chi connectivity index (χ1v) is 9.27. The number of hydrogen-bond acceptors (Lipinski definition) is 5. The third-order valence-corrected chi connectivity index (χ3v) is 5.09. The number of amides is 1. The smallest absolute Gasteiger partial charge is 0.233 e. The van der Waals surface area contributed by atoms with Crippen molar-refractivity contribution < 1.29 is 4.79 Å². The zero-order valence-electron chi connectivity index (χ0n) is 15.0. The average molecular weight is 367 g/mol. The summed E-state index contributed by atoms with van der Waals surface area (Å²) in [6, 6.07) is 15.9. The Hall–Kier alpha value is -2.67. The highest BCUT2D eigenvalue weighted by Gasteiger charge is 2.20. The number of nitrogens with one attached hydrogen (secondary N) is 1. The van der Waals surface area contributed by atoms with Gasteiger partial charge in [0.1, 0.15) is 0 Å². The van der Waals surface area contributed by atoms with Gasteiger partial charge in [0.25, 0.3) is 0 Å². The maximum Gasteiger partial charge on any atom is 0.233 e. The molecule has 1 aromatic heterocycles. The van der Waals surface area contributed by atoms with Crippen LogP contribution in [-0.4, -0.2) is 31.4 Å². The highest BCUT2D eigenvalue weighted by atomic mass is 32.2. The van der Waals surface area contributed by atoms with E-state index >= 15 is 0 Å². The molecule has 0 spiro atoms. The number of rotatable bonds is 6. The lowest BCUT2D eigenvalue weighted by Crippen LogP contribution is -2.30. The summed E-state index contributed by atoms with van der Waals surface area (Å²) in [5, 5.41) is 15.3. The van der Waals surface area contributed by atoms with Gasteiger partial charge in [-0.05, 0) is 47.9 Å². The zero-order valence-corrected chi connectivity index (χ0v) is 15.8. The molecule has 0 radical (unpaired) electrons. The van der Waals surface area contributed by atoms with Crippen molar-refractivity contribution in [1.82, 2.24) is 25.5 Å². The van der Waals surface area contributed by atoms with Gasteiger partial charge in [-0.2, -0.15) is 4.68 Å². The second kappa shape index (κ2) is 8.14. The Balaban J connectivity index is 1.70. The lowest BCUT2D eigenvalue weighted by molar-refractivity contribution is -0.120. The summed E-state index contributed by atoms with van der Waals surface area (Å²) in [4.78, 5) is 12.4. The van der Waals surface area contributed by atoms with Gasteiger partial charge in [-0.1, -0.05) is 60.3 Å². The molecular formula is C19H21N5OS. The number of para-hydroxylation sites is 1. The molecule has 7 heteroatoms. The molecule has 0 aliphatic carbocycles. The largest absolute Gasteiger partial charge is 0.351 e. The molecule has 0 fully saturated rings. The Morgan fingerprint density at radius 2 is 1.81 bits per heavy atom. The Morgan fingerprint density at radius 1 is 1.12 bits per heavy atom. The molecule has 26 heavy (non-hydrogen) atoms. The highest BCUT2D eigenvalue weighted by Crippen LogP contribution is 2.26. The number of benzene rings is 2. The van der Waals surface area contributed by atoms with Crippen LogP contribution in [0.2, 0.25) is 0 Å². The second-order valence-electron chi connectivity index (χ2n) is 6.08. The van der Waals surface area contributed by atoms with Crippen LogP contribution in [0.1, 0.15) is 23.6 Å². The predicted octanol–water partition coefficient (Wildman–Crippen LogP) is 3.08. The van der Waals surface area contributed by atoms with Crippen LogP contribution in [0.25, 0.3) is 5.69 Å². The fourth-order valence-corrected chi connectivity index (χ4v) is 3.49. The van der Waals surface area contributed by atoms with E-state index in [0.29, 0.717) is 11.7 Å². The number of tetrazole rings is 1. The summed E-state index contributed by atoms with van der Waals surface area (Å²) in [6.45, 7) is 6.41. The summed E-state index contributed by atoms with van der Waals surface area (Å²) in [6.07, 6.45) is 0. The van der Waals surface area contributed by atoms with Gasteiger partial charge in [0.2, 0.25) is 11.1 Å². The Labute approximate surface area is 157 Å².